The van der Waals surface area contributed by atoms with Crippen LogP contribution in [-0.2, 0) is 0 Å². The standard InChI is InChI=1S/C13H10N2O/c1-9-2-4-10(5-3-9)11-6-7-15-13(16)12(11)8-14/h2-7H,1H3,(H,15,16). The highest BCUT2D eigenvalue weighted by Gasteiger charge is 2.07. The number of nitrogens with zero attached hydrogens (tertiary/aromatic N) is 1. The summed E-state index contributed by atoms with van der Waals surface area (Å²) in [4.78, 5) is 13.9. The van der Waals surface area contributed by atoms with Gasteiger partial charge in [0, 0.05) is 11.8 Å². The molecular weight excluding hydrogens is 200 g/mol. The minimum atomic E-state index is -0.347. The predicted molar refractivity (Wildman–Crippen MR) is 62.0 cm³/mol. The second kappa shape index (κ2) is 4.03. The van der Waals surface area contributed by atoms with Crippen LogP contribution in [0.4, 0.5) is 0 Å². The first kappa shape index (κ1) is 10.2. The van der Waals surface area contributed by atoms with Gasteiger partial charge in [-0.15, -0.1) is 0 Å². The van der Waals surface area contributed by atoms with Crippen molar-refractivity contribution >= 4 is 0 Å². The second-order valence-corrected chi connectivity index (χ2v) is 3.57. The van der Waals surface area contributed by atoms with Crippen molar-refractivity contribution in [3.8, 4) is 17.2 Å². The van der Waals surface area contributed by atoms with Crippen molar-refractivity contribution < 1.29 is 0 Å². The number of nitriles is 1. The maximum absolute atomic E-state index is 11.4. The molecule has 0 spiro atoms. The third-order valence-electron chi connectivity index (χ3n) is 2.44. The quantitative estimate of drug-likeness (QED) is 0.784. The van der Waals surface area contributed by atoms with Gasteiger partial charge in [0.1, 0.15) is 11.6 Å². The molecule has 2 aromatic rings. The summed E-state index contributed by atoms with van der Waals surface area (Å²) in [7, 11) is 0. The van der Waals surface area contributed by atoms with E-state index >= 15 is 0 Å². The number of aromatic amines is 1. The smallest absolute Gasteiger partial charge is 0.266 e. The zero-order valence-electron chi connectivity index (χ0n) is 8.82. The highest BCUT2D eigenvalue weighted by Crippen LogP contribution is 2.20. The van der Waals surface area contributed by atoms with Crippen LogP contribution in [0.25, 0.3) is 11.1 Å². The van der Waals surface area contributed by atoms with E-state index in [0.29, 0.717) is 5.56 Å². The molecule has 2 rings (SSSR count). The van der Waals surface area contributed by atoms with E-state index < -0.39 is 0 Å². The van der Waals surface area contributed by atoms with Gasteiger partial charge in [-0.05, 0) is 18.6 Å². The number of hydrogen-bond donors (Lipinski definition) is 1. The minimum Gasteiger partial charge on any atom is -0.328 e. The van der Waals surface area contributed by atoms with Gasteiger partial charge in [-0.2, -0.15) is 5.26 Å². The SMILES string of the molecule is Cc1ccc(-c2cc[nH]c(=O)c2C#N)cc1. The Morgan fingerprint density at radius 2 is 1.88 bits per heavy atom. The molecule has 16 heavy (non-hydrogen) atoms. The summed E-state index contributed by atoms with van der Waals surface area (Å²) in [6.07, 6.45) is 1.55. The van der Waals surface area contributed by atoms with E-state index in [-0.39, 0.29) is 11.1 Å². The monoisotopic (exact) mass is 210 g/mol. The molecule has 0 radical (unpaired) electrons. The van der Waals surface area contributed by atoms with Crippen LogP contribution >= 0.6 is 0 Å². The number of pyridine rings is 1. The van der Waals surface area contributed by atoms with Gasteiger partial charge in [0.2, 0.25) is 0 Å². The molecule has 0 bridgehead atoms. The lowest BCUT2D eigenvalue weighted by molar-refractivity contribution is 1.21. The molecule has 0 amide bonds. The molecule has 0 saturated heterocycles. The van der Waals surface area contributed by atoms with Crippen molar-refractivity contribution in [3.05, 3.63) is 58.0 Å². The summed E-state index contributed by atoms with van der Waals surface area (Å²) in [6, 6.07) is 11.4. The Morgan fingerprint density at radius 3 is 2.50 bits per heavy atom. The molecule has 1 aromatic carbocycles. The number of rotatable bonds is 1. The number of aryl methyl sites for hydroxylation is 1. The molecule has 1 aromatic heterocycles. The van der Waals surface area contributed by atoms with E-state index in [9.17, 15) is 4.79 Å². The number of H-pyrrole nitrogens is 1. The van der Waals surface area contributed by atoms with Crippen molar-refractivity contribution in [2.45, 2.75) is 6.92 Å². The van der Waals surface area contributed by atoms with Gasteiger partial charge >= 0.3 is 0 Å². The normalized spacial score (nSPS) is 9.75. The van der Waals surface area contributed by atoms with E-state index in [1.54, 1.807) is 12.3 Å². The molecule has 78 valence electrons. The molecule has 3 heteroatoms. The Hall–Kier alpha value is -2.34. The van der Waals surface area contributed by atoms with Crippen molar-refractivity contribution in [1.82, 2.24) is 4.98 Å². The zero-order valence-corrected chi connectivity index (χ0v) is 8.82. The van der Waals surface area contributed by atoms with Crippen LogP contribution in [0.2, 0.25) is 0 Å². The third kappa shape index (κ3) is 1.73. The summed E-state index contributed by atoms with van der Waals surface area (Å²) in [5.74, 6) is 0. The van der Waals surface area contributed by atoms with Gasteiger partial charge in [-0.25, -0.2) is 0 Å². The molecule has 0 aliphatic heterocycles. The van der Waals surface area contributed by atoms with Gasteiger partial charge in [-0.3, -0.25) is 4.79 Å². The maximum atomic E-state index is 11.4. The largest absolute Gasteiger partial charge is 0.328 e. The van der Waals surface area contributed by atoms with Gasteiger partial charge in [-0.1, -0.05) is 29.8 Å². The molecule has 1 N–H and O–H groups in total. The van der Waals surface area contributed by atoms with Crippen molar-refractivity contribution in [2.75, 3.05) is 0 Å². The lowest BCUT2D eigenvalue weighted by atomic mass is 10.0. The van der Waals surface area contributed by atoms with E-state index in [1.165, 1.54) is 0 Å². The molecule has 0 aliphatic rings. The number of benzene rings is 1. The fourth-order valence-corrected chi connectivity index (χ4v) is 1.56. The average molecular weight is 210 g/mol. The fraction of sp³-hybridized carbons (Fsp3) is 0.0769. The Morgan fingerprint density at radius 1 is 1.19 bits per heavy atom. The lowest BCUT2D eigenvalue weighted by Crippen LogP contribution is -2.10. The fourth-order valence-electron chi connectivity index (χ4n) is 1.56. The molecule has 0 saturated carbocycles. The molecule has 0 atom stereocenters. The van der Waals surface area contributed by atoms with E-state index in [2.05, 4.69) is 4.98 Å². The summed E-state index contributed by atoms with van der Waals surface area (Å²) in [6.45, 7) is 1.99. The van der Waals surface area contributed by atoms with Crippen LogP contribution in [0.3, 0.4) is 0 Å². The maximum Gasteiger partial charge on any atom is 0.266 e. The Bertz CT molecular complexity index is 603. The minimum absolute atomic E-state index is 0.159. The lowest BCUT2D eigenvalue weighted by Gasteiger charge is -2.03. The van der Waals surface area contributed by atoms with Gasteiger partial charge < -0.3 is 4.98 Å². The van der Waals surface area contributed by atoms with Crippen LogP contribution in [0.1, 0.15) is 11.1 Å². The van der Waals surface area contributed by atoms with Crippen LogP contribution in [0.5, 0.6) is 0 Å². The number of nitrogens with one attached hydrogen (secondary N) is 1. The summed E-state index contributed by atoms with van der Waals surface area (Å²) >= 11 is 0. The third-order valence-corrected chi connectivity index (χ3v) is 2.44. The summed E-state index contributed by atoms with van der Waals surface area (Å²) < 4.78 is 0. The van der Waals surface area contributed by atoms with Crippen LogP contribution in [0.15, 0.2) is 41.3 Å². The molecule has 0 fully saturated rings. The first-order chi connectivity index (χ1) is 7.72. The van der Waals surface area contributed by atoms with Gasteiger partial charge in [0.15, 0.2) is 0 Å². The second-order valence-electron chi connectivity index (χ2n) is 3.57. The van der Waals surface area contributed by atoms with E-state index in [1.807, 2.05) is 37.3 Å². The summed E-state index contributed by atoms with van der Waals surface area (Å²) in [5, 5.41) is 8.95. The molecule has 1 heterocycles. The van der Waals surface area contributed by atoms with Crippen molar-refractivity contribution in [1.29, 1.82) is 5.26 Å². The molecule has 3 nitrogen and oxygen atoms in total. The van der Waals surface area contributed by atoms with E-state index in [4.69, 9.17) is 5.26 Å². The Labute approximate surface area is 93.0 Å². The number of hydrogen-bond acceptors (Lipinski definition) is 2. The predicted octanol–water partition coefficient (Wildman–Crippen LogP) is 2.22. The first-order valence-corrected chi connectivity index (χ1v) is 4.91. The highest BCUT2D eigenvalue weighted by molar-refractivity contribution is 5.69. The molecular formula is C13H10N2O. The Kier molecular flexibility index (Phi) is 2.57. The van der Waals surface area contributed by atoms with Crippen LogP contribution in [0, 0.1) is 18.3 Å². The molecule has 0 unspecified atom stereocenters. The van der Waals surface area contributed by atoms with Crippen LogP contribution in [-0.4, -0.2) is 4.98 Å². The average Bonchev–Trinajstić information content (AvgIpc) is 2.30. The van der Waals surface area contributed by atoms with Gasteiger partial charge in [0.25, 0.3) is 5.56 Å². The first-order valence-electron chi connectivity index (χ1n) is 4.91. The van der Waals surface area contributed by atoms with Crippen molar-refractivity contribution in [3.63, 3.8) is 0 Å². The molecule has 0 aliphatic carbocycles. The Balaban J connectivity index is 2.66. The zero-order chi connectivity index (χ0) is 11.5. The van der Waals surface area contributed by atoms with E-state index in [0.717, 1.165) is 11.1 Å². The summed E-state index contributed by atoms with van der Waals surface area (Å²) in [5.41, 5.74) is 2.51. The highest BCUT2D eigenvalue weighted by atomic mass is 16.1. The topological polar surface area (TPSA) is 56.6 Å². The number of aromatic nitrogens is 1. The van der Waals surface area contributed by atoms with Gasteiger partial charge in [0.05, 0.1) is 0 Å². The van der Waals surface area contributed by atoms with Crippen molar-refractivity contribution in [2.24, 2.45) is 0 Å². The van der Waals surface area contributed by atoms with Crippen LogP contribution < -0.4 is 5.56 Å².